The highest BCUT2D eigenvalue weighted by molar-refractivity contribution is 5.99. The maximum atomic E-state index is 13.8. The molecule has 0 aliphatic heterocycles. The molecule has 0 aromatic heterocycles. The Balaban J connectivity index is 2.33. The lowest BCUT2D eigenvalue weighted by molar-refractivity contribution is 0.318. The van der Waals surface area contributed by atoms with Crippen LogP contribution in [-0.2, 0) is 0 Å². The molecule has 0 atom stereocenters. The van der Waals surface area contributed by atoms with Crippen molar-refractivity contribution < 1.29 is 14.3 Å². The predicted octanol–water partition coefficient (Wildman–Crippen LogP) is 3.84. The Morgan fingerprint density at radius 1 is 1.19 bits per heavy atom. The van der Waals surface area contributed by atoms with E-state index in [1.54, 1.807) is 18.2 Å². The van der Waals surface area contributed by atoms with Crippen LogP contribution in [0.2, 0.25) is 0 Å². The van der Waals surface area contributed by atoms with Gasteiger partial charge in [-0.1, -0.05) is 37.2 Å². The molecule has 0 fully saturated rings. The fourth-order valence-corrected chi connectivity index (χ4v) is 1.94. The van der Waals surface area contributed by atoms with Crippen molar-refractivity contribution in [1.29, 1.82) is 0 Å². The first-order valence-corrected chi connectivity index (χ1v) is 6.57. The zero-order chi connectivity index (χ0) is 15.4. The number of benzene rings is 2. The van der Waals surface area contributed by atoms with E-state index in [0.717, 1.165) is 0 Å². The second kappa shape index (κ2) is 6.26. The summed E-state index contributed by atoms with van der Waals surface area (Å²) < 4.78 is 19.4. The number of ether oxygens (including phenoxy) is 1. The van der Waals surface area contributed by atoms with Crippen LogP contribution in [0.4, 0.5) is 4.39 Å². The first-order chi connectivity index (χ1) is 10.0. The van der Waals surface area contributed by atoms with Gasteiger partial charge in [0.15, 0.2) is 5.84 Å². The molecular formula is C16H17FN2O2. The highest BCUT2D eigenvalue weighted by Crippen LogP contribution is 2.28. The molecule has 3 N–H and O–H groups in total. The Labute approximate surface area is 122 Å². The normalized spacial score (nSPS) is 11.7. The standard InChI is InChI=1S/C16H17FN2O2/c1-10(2)11-6-8-12(9-7-11)21-14-5-3-4-13(17)15(14)16(18)19-20/h3-10,20H,1-2H3,(H2,18,19). The first kappa shape index (κ1) is 14.8. The van der Waals surface area contributed by atoms with Crippen molar-refractivity contribution in [2.45, 2.75) is 19.8 Å². The number of halogens is 1. The van der Waals surface area contributed by atoms with E-state index in [9.17, 15) is 4.39 Å². The van der Waals surface area contributed by atoms with Gasteiger partial charge in [-0.2, -0.15) is 0 Å². The summed E-state index contributed by atoms with van der Waals surface area (Å²) in [6.07, 6.45) is 0. The van der Waals surface area contributed by atoms with Crippen molar-refractivity contribution in [1.82, 2.24) is 0 Å². The van der Waals surface area contributed by atoms with E-state index in [2.05, 4.69) is 19.0 Å². The summed E-state index contributed by atoms with van der Waals surface area (Å²) in [5, 5.41) is 11.6. The summed E-state index contributed by atoms with van der Waals surface area (Å²) in [5.74, 6) is 0.226. The van der Waals surface area contributed by atoms with Crippen LogP contribution in [0.1, 0.15) is 30.9 Å². The monoisotopic (exact) mass is 288 g/mol. The molecule has 0 unspecified atom stereocenters. The molecule has 2 aromatic carbocycles. The first-order valence-electron chi connectivity index (χ1n) is 6.57. The lowest BCUT2D eigenvalue weighted by Gasteiger charge is -2.12. The van der Waals surface area contributed by atoms with Crippen LogP contribution < -0.4 is 10.5 Å². The van der Waals surface area contributed by atoms with E-state index in [1.165, 1.54) is 17.7 Å². The van der Waals surface area contributed by atoms with Gasteiger partial charge < -0.3 is 15.7 Å². The van der Waals surface area contributed by atoms with Gasteiger partial charge in [-0.3, -0.25) is 0 Å². The summed E-state index contributed by atoms with van der Waals surface area (Å²) in [6, 6.07) is 11.8. The lowest BCUT2D eigenvalue weighted by Crippen LogP contribution is -2.16. The maximum Gasteiger partial charge on any atom is 0.176 e. The minimum atomic E-state index is -0.610. The van der Waals surface area contributed by atoms with Crippen molar-refractivity contribution in [2.24, 2.45) is 10.9 Å². The third-order valence-corrected chi connectivity index (χ3v) is 3.11. The molecule has 0 bridgehead atoms. The van der Waals surface area contributed by atoms with Crippen molar-refractivity contribution in [3.8, 4) is 11.5 Å². The number of oxime groups is 1. The third-order valence-electron chi connectivity index (χ3n) is 3.11. The molecular weight excluding hydrogens is 271 g/mol. The Morgan fingerprint density at radius 2 is 1.86 bits per heavy atom. The fourth-order valence-electron chi connectivity index (χ4n) is 1.94. The summed E-state index contributed by atoms with van der Waals surface area (Å²) in [5.41, 5.74) is 6.61. The molecule has 0 amide bonds. The summed E-state index contributed by atoms with van der Waals surface area (Å²) in [7, 11) is 0. The Morgan fingerprint density at radius 3 is 2.43 bits per heavy atom. The lowest BCUT2D eigenvalue weighted by atomic mass is 10.0. The van der Waals surface area contributed by atoms with Gasteiger partial charge in [0.1, 0.15) is 17.3 Å². The van der Waals surface area contributed by atoms with Gasteiger partial charge in [-0.15, -0.1) is 0 Å². The molecule has 0 aliphatic carbocycles. The van der Waals surface area contributed by atoms with Crippen molar-refractivity contribution >= 4 is 5.84 Å². The molecule has 5 heteroatoms. The number of amidine groups is 1. The molecule has 2 aromatic rings. The highest BCUT2D eigenvalue weighted by Gasteiger charge is 2.15. The van der Waals surface area contributed by atoms with Crippen LogP contribution in [0.5, 0.6) is 11.5 Å². The van der Waals surface area contributed by atoms with Crippen molar-refractivity contribution in [3.05, 3.63) is 59.4 Å². The van der Waals surface area contributed by atoms with Gasteiger partial charge in [0, 0.05) is 0 Å². The van der Waals surface area contributed by atoms with Gasteiger partial charge in [0.05, 0.1) is 5.56 Å². The SMILES string of the molecule is CC(C)c1ccc(Oc2cccc(F)c2C(N)=NO)cc1. The van der Waals surface area contributed by atoms with E-state index in [0.29, 0.717) is 11.7 Å². The summed E-state index contributed by atoms with van der Waals surface area (Å²) in [6.45, 7) is 4.19. The predicted molar refractivity (Wildman–Crippen MR) is 79.5 cm³/mol. The van der Waals surface area contributed by atoms with Gasteiger partial charge in [-0.25, -0.2) is 4.39 Å². The minimum Gasteiger partial charge on any atom is -0.456 e. The number of hydrogen-bond acceptors (Lipinski definition) is 3. The number of nitrogens with zero attached hydrogens (tertiary/aromatic N) is 1. The van der Waals surface area contributed by atoms with E-state index in [4.69, 9.17) is 15.7 Å². The van der Waals surface area contributed by atoms with Gasteiger partial charge in [-0.05, 0) is 35.7 Å². The zero-order valence-corrected chi connectivity index (χ0v) is 11.9. The third kappa shape index (κ3) is 3.31. The number of hydrogen-bond donors (Lipinski definition) is 2. The molecule has 0 aliphatic rings. The van der Waals surface area contributed by atoms with Crippen molar-refractivity contribution in [3.63, 3.8) is 0 Å². The number of rotatable bonds is 4. The maximum absolute atomic E-state index is 13.8. The highest BCUT2D eigenvalue weighted by atomic mass is 19.1. The molecule has 2 rings (SSSR count). The second-order valence-electron chi connectivity index (χ2n) is 4.92. The molecule has 4 nitrogen and oxygen atoms in total. The Bertz CT molecular complexity index is 652. The molecule has 21 heavy (non-hydrogen) atoms. The van der Waals surface area contributed by atoms with Crippen LogP contribution in [0, 0.1) is 5.82 Å². The van der Waals surface area contributed by atoms with Gasteiger partial charge in [0.25, 0.3) is 0 Å². The molecule has 0 saturated heterocycles. The van der Waals surface area contributed by atoms with Gasteiger partial charge >= 0.3 is 0 Å². The van der Waals surface area contributed by atoms with Crippen LogP contribution in [-0.4, -0.2) is 11.0 Å². The molecule has 0 radical (unpaired) electrons. The summed E-state index contributed by atoms with van der Waals surface area (Å²) >= 11 is 0. The van der Waals surface area contributed by atoms with Crippen LogP contribution >= 0.6 is 0 Å². The average molecular weight is 288 g/mol. The van der Waals surface area contributed by atoms with Crippen LogP contribution in [0.15, 0.2) is 47.6 Å². The molecule has 0 saturated carbocycles. The quantitative estimate of drug-likeness (QED) is 0.389. The molecule has 110 valence electrons. The van der Waals surface area contributed by atoms with E-state index in [-0.39, 0.29) is 17.1 Å². The largest absolute Gasteiger partial charge is 0.456 e. The molecule has 0 heterocycles. The fraction of sp³-hybridized carbons (Fsp3) is 0.188. The second-order valence-corrected chi connectivity index (χ2v) is 4.92. The Kier molecular flexibility index (Phi) is 4.42. The van der Waals surface area contributed by atoms with Gasteiger partial charge in [0.2, 0.25) is 0 Å². The zero-order valence-electron chi connectivity index (χ0n) is 11.9. The van der Waals surface area contributed by atoms with Crippen LogP contribution in [0.25, 0.3) is 0 Å². The smallest absolute Gasteiger partial charge is 0.176 e. The molecule has 0 spiro atoms. The number of nitrogens with two attached hydrogens (primary N) is 1. The van der Waals surface area contributed by atoms with Crippen LogP contribution in [0.3, 0.4) is 0 Å². The van der Waals surface area contributed by atoms with Crippen molar-refractivity contribution in [2.75, 3.05) is 0 Å². The average Bonchev–Trinajstić information content (AvgIpc) is 2.47. The van der Waals surface area contributed by atoms with E-state index < -0.39 is 5.82 Å². The Hall–Kier alpha value is -2.56. The summed E-state index contributed by atoms with van der Waals surface area (Å²) in [4.78, 5) is 0. The minimum absolute atomic E-state index is 0.0621. The van der Waals surface area contributed by atoms with E-state index >= 15 is 0 Å². The van der Waals surface area contributed by atoms with E-state index in [1.807, 2.05) is 12.1 Å². The topological polar surface area (TPSA) is 67.8 Å².